The van der Waals surface area contributed by atoms with Gasteiger partial charge in [0.2, 0.25) is 0 Å². The van der Waals surface area contributed by atoms with Crippen LogP contribution in [0.1, 0.15) is 57.8 Å². The summed E-state index contributed by atoms with van der Waals surface area (Å²) in [5.41, 5.74) is 6.10. The summed E-state index contributed by atoms with van der Waals surface area (Å²) in [5, 5.41) is 9.29. The maximum absolute atomic E-state index is 9.29. The number of aliphatic hydroxyl groups excluding tert-OH is 1. The average molecular weight is 240 g/mol. The van der Waals surface area contributed by atoms with Gasteiger partial charge in [-0.3, -0.25) is 4.90 Å². The van der Waals surface area contributed by atoms with E-state index in [2.05, 4.69) is 4.90 Å². The van der Waals surface area contributed by atoms with Crippen molar-refractivity contribution in [3.8, 4) is 0 Å². The summed E-state index contributed by atoms with van der Waals surface area (Å²) in [4.78, 5) is 2.58. The molecule has 0 heterocycles. The van der Waals surface area contributed by atoms with Crippen LogP contribution in [0.3, 0.4) is 0 Å². The fourth-order valence-corrected chi connectivity index (χ4v) is 3.69. The highest BCUT2D eigenvalue weighted by Gasteiger charge is 2.30. The van der Waals surface area contributed by atoms with Crippen molar-refractivity contribution in [2.75, 3.05) is 13.2 Å². The van der Waals surface area contributed by atoms with Gasteiger partial charge in [-0.05, 0) is 32.1 Å². The van der Waals surface area contributed by atoms with Gasteiger partial charge in [0, 0.05) is 24.7 Å². The molecular formula is C14H28N2O. The molecule has 2 fully saturated rings. The van der Waals surface area contributed by atoms with E-state index in [1.807, 2.05) is 0 Å². The third-order valence-electron chi connectivity index (χ3n) is 4.56. The van der Waals surface area contributed by atoms with Crippen molar-refractivity contribution < 1.29 is 5.11 Å². The molecule has 2 atom stereocenters. The van der Waals surface area contributed by atoms with Crippen LogP contribution in [0, 0.1) is 0 Å². The van der Waals surface area contributed by atoms with Crippen LogP contribution >= 0.6 is 0 Å². The van der Waals surface area contributed by atoms with Crippen molar-refractivity contribution in [1.82, 2.24) is 4.90 Å². The number of hydrogen-bond donors (Lipinski definition) is 2. The van der Waals surface area contributed by atoms with E-state index in [9.17, 15) is 5.11 Å². The zero-order valence-electron chi connectivity index (χ0n) is 11.0. The number of nitrogens with zero attached hydrogens (tertiary/aromatic N) is 1. The Hall–Kier alpha value is -0.120. The normalized spacial score (nSPS) is 31.9. The smallest absolute Gasteiger partial charge is 0.0558 e. The SMILES string of the molecule is NC1CCCC(N(CCO)C2CCCCC2)C1. The highest BCUT2D eigenvalue weighted by atomic mass is 16.3. The Morgan fingerprint density at radius 1 is 0.941 bits per heavy atom. The van der Waals surface area contributed by atoms with Crippen molar-refractivity contribution >= 4 is 0 Å². The van der Waals surface area contributed by atoms with Gasteiger partial charge in [0.15, 0.2) is 0 Å². The highest BCUT2D eigenvalue weighted by Crippen LogP contribution is 2.29. The van der Waals surface area contributed by atoms with Crippen LogP contribution < -0.4 is 5.73 Å². The molecule has 0 spiro atoms. The van der Waals surface area contributed by atoms with Gasteiger partial charge in [0.05, 0.1) is 6.61 Å². The molecule has 0 aromatic carbocycles. The molecule has 100 valence electrons. The Bertz CT molecular complexity index is 216. The second-order valence-electron chi connectivity index (χ2n) is 5.83. The van der Waals surface area contributed by atoms with Gasteiger partial charge in [0.25, 0.3) is 0 Å². The number of rotatable bonds is 4. The molecule has 0 aromatic heterocycles. The minimum Gasteiger partial charge on any atom is -0.395 e. The van der Waals surface area contributed by atoms with E-state index in [1.165, 1.54) is 51.4 Å². The van der Waals surface area contributed by atoms with Crippen molar-refractivity contribution in [3.05, 3.63) is 0 Å². The quantitative estimate of drug-likeness (QED) is 0.789. The first-order valence-corrected chi connectivity index (χ1v) is 7.43. The third kappa shape index (κ3) is 3.67. The Kier molecular flexibility index (Phi) is 5.26. The van der Waals surface area contributed by atoms with Gasteiger partial charge < -0.3 is 10.8 Å². The summed E-state index contributed by atoms with van der Waals surface area (Å²) in [6.45, 7) is 1.14. The fraction of sp³-hybridized carbons (Fsp3) is 1.00. The summed E-state index contributed by atoms with van der Waals surface area (Å²) < 4.78 is 0. The first-order chi connectivity index (χ1) is 8.31. The first kappa shape index (κ1) is 13.3. The molecule has 3 heteroatoms. The summed E-state index contributed by atoms with van der Waals surface area (Å²) in [6, 6.07) is 1.73. The highest BCUT2D eigenvalue weighted by molar-refractivity contribution is 4.87. The van der Waals surface area contributed by atoms with Crippen molar-refractivity contribution in [2.45, 2.75) is 75.9 Å². The molecule has 0 aliphatic heterocycles. The van der Waals surface area contributed by atoms with Crippen LogP contribution in [0.4, 0.5) is 0 Å². The predicted molar refractivity (Wildman–Crippen MR) is 70.9 cm³/mol. The lowest BCUT2D eigenvalue weighted by atomic mass is 9.87. The summed E-state index contributed by atoms with van der Waals surface area (Å²) >= 11 is 0. The molecule has 0 saturated heterocycles. The minimum absolute atomic E-state index is 0.294. The maximum atomic E-state index is 9.29. The second-order valence-corrected chi connectivity index (χ2v) is 5.83. The number of aliphatic hydroxyl groups is 1. The Morgan fingerprint density at radius 3 is 2.29 bits per heavy atom. The second kappa shape index (κ2) is 6.72. The van der Waals surface area contributed by atoms with Crippen molar-refractivity contribution in [3.63, 3.8) is 0 Å². The number of nitrogens with two attached hydrogens (primary N) is 1. The predicted octanol–water partition coefficient (Wildman–Crippen LogP) is 1.88. The summed E-state index contributed by atoms with van der Waals surface area (Å²) in [7, 11) is 0. The van der Waals surface area contributed by atoms with E-state index in [4.69, 9.17) is 5.73 Å². The molecule has 2 aliphatic carbocycles. The molecule has 17 heavy (non-hydrogen) atoms. The molecule has 0 radical (unpaired) electrons. The average Bonchev–Trinajstić information content (AvgIpc) is 2.37. The molecule has 2 rings (SSSR count). The zero-order chi connectivity index (χ0) is 12.1. The van der Waals surface area contributed by atoms with E-state index in [0.717, 1.165) is 13.0 Å². The van der Waals surface area contributed by atoms with Crippen LogP contribution in [0.5, 0.6) is 0 Å². The van der Waals surface area contributed by atoms with Gasteiger partial charge in [0.1, 0.15) is 0 Å². The lowest BCUT2D eigenvalue weighted by Gasteiger charge is -2.42. The first-order valence-electron chi connectivity index (χ1n) is 7.43. The summed E-state index contributed by atoms with van der Waals surface area (Å²) in [6.07, 6.45) is 11.6. The van der Waals surface area contributed by atoms with E-state index >= 15 is 0 Å². The van der Waals surface area contributed by atoms with Gasteiger partial charge in [-0.2, -0.15) is 0 Å². The summed E-state index contributed by atoms with van der Waals surface area (Å²) in [5.74, 6) is 0. The Morgan fingerprint density at radius 2 is 1.65 bits per heavy atom. The Balaban J connectivity index is 1.94. The molecule has 0 amide bonds. The molecule has 3 N–H and O–H groups in total. The minimum atomic E-state index is 0.294. The molecule has 2 unspecified atom stereocenters. The molecule has 2 aliphatic rings. The van der Waals surface area contributed by atoms with Gasteiger partial charge >= 0.3 is 0 Å². The van der Waals surface area contributed by atoms with Crippen LogP contribution in [-0.4, -0.2) is 41.3 Å². The van der Waals surface area contributed by atoms with Crippen LogP contribution in [0.2, 0.25) is 0 Å². The molecular weight excluding hydrogens is 212 g/mol. The molecule has 0 bridgehead atoms. The largest absolute Gasteiger partial charge is 0.395 e. The van der Waals surface area contributed by atoms with E-state index < -0.39 is 0 Å². The fourth-order valence-electron chi connectivity index (χ4n) is 3.69. The zero-order valence-corrected chi connectivity index (χ0v) is 11.0. The van der Waals surface area contributed by atoms with Gasteiger partial charge in [-0.1, -0.05) is 25.7 Å². The van der Waals surface area contributed by atoms with Crippen molar-refractivity contribution in [2.24, 2.45) is 5.73 Å². The van der Waals surface area contributed by atoms with Gasteiger partial charge in [-0.15, -0.1) is 0 Å². The lowest BCUT2D eigenvalue weighted by Crippen LogP contribution is -2.49. The van der Waals surface area contributed by atoms with E-state index in [1.54, 1.807) is 0 Å². The topological polar surface area (TPSA) is 49.5 Å². The van der Waals surface area contributed by atoms with Crippen molar-refractivity contribution in [1.29, 1.82) is 0 Å². The molecule has 3 nitrogen and oxygen atoms in total. The molecule has 2 saturated carbocycles. The third-order valence-corrected chi connectivity index (χ3v) is 4.56. The molecule has 0 aromatic rings. The van der Waals surface area contributed by atoms with Crippen LogP contribution in [-0.2, 0) is 0 Å². The lowest BCUT2D eigenvalue weighted by molar-refractivity contribution is 0.0583. The van der Waals surface area contributed by atoms with Gasteiger partial charge in [-0.25, -0.2) is 0 Å². The monoisotopic (exact) mass is 240 g/mol. The van der Waals surface area contributed by atoms with Crippen LogP contribution in [0.15, 0.2) is 0 Å². The standard InChI is InChI=1S/C14H28N2O/c15-12-5-4-8-14(11-12)16(9-10-17)13-6-2-1-3-7-13/h12-14,17H,1-11,15H2. The number of hydrogen-bond acceptors (Lipinski definition) is 3. The van der Waals surface area contributed by atoms with E-state index in [-0.39, 0.29) is 0 Å². The van der Waals surface area contributed by atoms with E-state index in [0.29, 0.717) is 24.7 Å². The van der Waals surface area contributed by atoms with Crippen LogP contribution in [0.25, 0.3) is 0 Å². The maximum Gasteiger partial charge on any atom is 0.0558 e. The Labute approximate surface area is 105 Å².